The van der Waals surface area contributed by atoms with Gasteiger partial charge in [-0.25, -0.2) is 9.37 Å². The van der Waals surface area contributed by atoms with E-state index in [0.717, 1.165) is 42.5 Å². The Kier molecular flexibility index (Phi) is 4.49. The topological polar surface area (TPSA) is 52.7 Å². The summed E-state index contributed by atoms with van der Waals surface area (Å²) in [7, 11) is 1.96. The molecule has 32 heavy (non-hydrogen) atoms. The van der Waals surface area contributed by atoms with E-state index in [0.29, 0.717) is 17.9 Å². The Bertz CT molecular complexity index is 1330. The molecular formula is C26H25FN4O. The molecule has 1 aliphatic carbocycles. The molecule has 4 aromatic rings. The van der Waals surface area contributed by atoms with Crippen LogP contribution in [-0.4, -0.2) is 25.1 Å². The second-order valence-electron chi connectivity index (χ2n) is 9.21. The highest BCUT2D eigenvalue weighted by Crippen LogP contribution is 2.44. The Balaban J connectivity index is 1.16. The fraction of sp³-hybridized carbons (Fsp3) is 0.346. The Morgan fingerprint density at radius 3 is 2.81 bits per heavy atom. The van der Waals surface area contributed by atoms with Crippen molar-refractivity contribution < 1.29 is 9.18 Å². The van der Waals surface area contributed by atoms with Crippen molar-refractivity contribution >= 4 is 16.7 Å². The van der Waals surface area contributed by atoms with E-state index in [1.54, 1.807) is 18.6 Å². The number of carbonyl (C=O) groups excluding carboxylic acids is 1. The molecule has 1 aliphatic heterocycles. The Morgan fingerprint density at radius 2 is 1.97 bits per heavy atom. The first-order chi connectivity index (χ1) is 15.6. The number of nitrogens with zero attached hydrogens (tertiary/aromatic N) is 4. The zero-order valence-electron chi connectivity index (χ0n) is 18.0. The zero-order valence-corrected chi connectivity index (χ0v) is 18.0. The smallest absolute Gasteiger partial charge is 0.138 e. The molecule has 1 unspecified atom stereocenters. The van der Waals surface area contributed by atoms with Crippen LogP contribution in [-0.2, 0) is 11.8 Å². The summed E-state index contributed by atoms with van der Waals surface area (Å²) in [6.07, 6.45) is 9.52. The van der Waals surface area contributed by atoms with Gasteiger partial charge in [0, 0.05) is 35.9 Å². The van der Waals surface area contributed by atoms with Gasteiger partial charge in [0.2, 0.25) is 0 Å². The number of rotatable bonds is 4. The van der Waals surface area contributed by atoms with Crippen LogP contribution in [0.5, 0.6) is 0 Å². The maximum atomic E-state index is 14.7. The Hall–Kier alpha value is -3.28. The average molecular weight is 429 g/mol. The molecular weight excluding hydrogens is 403 g/mol. The maximum Gasteiger partial charge on any atom is 0.138 e. The summed E-state index contributed by atoms with van der Waals surface area (Å²) in [5, 5.41) is 5.51. The van der Waals surface area contributed by atoms with Gasteiger partial charge < -0.3 is 4.57 Å². The van der Waals surface area contributed by atoms with Crippen LogP contribution in [0.25, 0.3) is 22.2 Å². The molecule has 1 fully saturated rings. The zero-order chi connectivity index (χ0) is 21.8. The second kappa shape index (κ2) is 7.40. The first kappa shape index (κ1) is 19.4. The van der Waals surface area contributed by atoms with Crippen LogP contribution in [0.1, 0.15) is 55.2 Å². The van der Waals surface area contributed by atoms with Crippen LogP contribution >= 0.6 is 0 Å². The van der Waals surface area contributed by atoms with E-state index in [-0.39, 0.29) is 23.6 Å². The Labute approximate surface area is 185 Å². The third-order valence-corrected chi connectivity index (χ3v) is 7.48. The number of hydrogen-bond acceptors (Lipinski definition) is 3. The van der Waals surface area contributed by atoms with Gasteiger partial charge in [0.15, 0.2) is 0 Å². The number of Topliss-reactive ketones (excluding diaryl/α,β-unsaturated/α-hetero) is 1. The van der Waals surface area contributed by atoms with Gasteiger partial charge in [0.1, 0.15) is 11.6 Å². The largest absolute Gasteiger partial charge is 0.322 e. The van der Waals surface area contributed by atoms with Gasteiger partial charge in [-0.15, -0.1) is 0 Å². The van der Waals surface area contributed by atoms with Crippen LogP contribution < -0.4 is 0 Å². The number of aryl methyl sites for hydroxylation is 1. The number of halogens is 1. The van der Waals surface area contributed by atoms with E-state index in [1.807, 2.05) is 28.6 Å². The first-order valence-electron chi connectivity index (χ1n) is 11.3. The highest BCUT2D eigenvalue weighted by molar-refractivity contribution is 5.83. The van der Waals surface area contributed by atoms with Crippen molar-refractivity contribution in [2.45, 2.75) is 44.1 Å². The average Bonchev–Trinajstić information content (AvgIpc) is 3.51. The van der Waals surface area contributed by atoms with E-state index in [4.69, 9.17) is 0 Å². The van der Waals surface area contributed by atoms with Gasteiger partial charge in [0.25, 0.3) is 0 Å². The maximum absolute atomic E-state index is 14.7. The van der Waals surface area contributed by atoms with Gasteiger partial charge in [-0.1, -0.05) is 18.2 Å². The number of benzene rings is 2. The van der Waals surface area contributed by atoms with Crippen LogP contribution in [0.2, 0.25) is 0 Å². The predicted octanol–water partition coefficient (Wildman–Crippen LogP) is 5.41. The highest BCUT2D eigenvalue weighted by Gasteiger charge is 2.35. The summed E-state index contributed by atoms with van der Waals surface area (Å²) in [5.74, 6) is 0.537. The monoisotopic (exact) mass is 428 g/mol. The number of hydrogen-bond donors (Lipinski definition) is 0. The van der Waals surface area contributed by atoms with E-state index < -0.39 is 0 Å². The van der Waals surface area contributed by atoms with E-state index >= 15 is 0 Å². The van der Waals surface area contributed by atoms with Crippen molar-refractivity contribution in [1.29, 1.82) is 0 Å². The van der Waals surface area contributed by atoms with Crippen LogP contribution in [0.4, 0.5) is 4.39 Å². The van der Waals surface area contributed by atoms with Crippen molar-refractivity contribution in [3.63, 3.8) is 0 Å². The van der Waals surface area contributed by atoms with Gasteiger partial charge in [-0.3, -0.25) is 9.48 Å². The molecule has 0 amide bonds. The minimum atomic E-state index is -0.290. The summed E-state index contributed by atoms with van der Waals surface area (Å²) in [6.45, 7) is 0. The molecule has 0 bridgehead atoms. The predicted molar refractivity (Wildman–Crippen MR) is 121 cm³/mol. The summed E-state index contributed by atoms with van der Waals surface area (Å²) >= 11 is 0. The van der Waals surface area contributed by atoms with Crippen LogP contribution in [0.15, 0.2) is 55.1 Å². The van der Waals surface area contributed by atoms with Crippen molar-refractivity contribution in [1.82, 2.24) is 19.3 Å². The minimum Gasteiger partial charge on any atom is -0.322 e. The molecule has 0 saturated heterocycles. The lowest BCUT2D eigenvalue weighted by Crippen LogP contribution is -2.24. The molecule has 0 radical (unpaired) electrons. The number of aromatic nitrogens is 4. The fourth-order valence-corrected chi connectivity index (χ4v) is 5.74. The van der Waals surface area contributed by atoms with Gasteiger partial charge in [-0.05, 0) is 55.4 Å². The van der Waals surface area contributed by atoms with Crippen LogP contribution in [0, 0.1) is 11.7 Å². The quantitative estimate of drug-likeness (QED) is 0.437. The minimum absolute atomic E-state index is 0.0520. The van der Waals surface area contributed by atoms with E-state index in [1.165, 1.54) is 17.0 Å². The third-order valence-electron chi connectivity index (χ3n) is 7.48. The van der Waals surface area contributed by atoms with E-state index in [2.05, 4.69) is 28.3 Å². The normalized spacial score (nSPS) is 22.1. The van der Waals surface area contributed by atoms with E-state index in [9.17, 15) is 9.18 Å². The summed E-state index contributed by atoms with van der Waals surface area (Å²) in [5.41, 5.74) is 4.87. The van der Waals surface area contributed by atoms with Crippen molar-refractivity contribution in [3.05, 3.63) is 72.1 Å². The molecule has 6 heteroatoms. The first-order valence-corrected chi connectivity index (χ1v) is 11.3. The molecule has 1 saturated carbocycles. The molecule has 2 aromatic heterocycles. The standard InChI is InChI=1S/C26H25FN4O/c1-30-22-10-9-18(11-19(22)13-29-30)16-5-7-17(8-6-16)25(32)12-23-26-20(3-2-4-21(26)27)24-14-28-15-31(23)24/h2-4,9-11,13-17,23H,5-8,12H2,1H3. The van der Waals surface area contributed by atoms with Crippen LogP contribution in [0.3, 0.4) is 0 Å². The molecule has 5 nitrogen and oxygen atoms in total. The lowest BCUT2D eigenvalue weighted by molar-refractivity contribution is -0.124. The lowest BCUT2D eigenvalue weighted by atomic mass is 9.76. The molecule has 0 spiro atoms. The third kappa shape index (κ3) is 3.00. The second-order valence-corrected chi connectivity index (χ2v) is 9.21. The van der Waals surface area contributed by atoms with Crippen molar-refractivity contribution in [3.8, 4) is 11.3 Å². The summed E-state index contributed by atoms with van der Waals surface area (Å²) in [4.78, 5) is 17.5. The Morgan fingerprint density at radius 1 is 1.12 bits per heavy atom. The van der Waals surface area contributed by atoms with Gasteiger partial charge >= 0.3 is 0 Å². The molecule has 2 aromatic carbocycles. The summed E-state index contributed by atoms with van der Waals surface area (Å²) < 4.78 is 18.5. The molecule has 6 rings (SSSR count). The lowest BCUT2D eigenvalue weighted by Gasteiger charge is -2.29. The SMILES string of the molecule is Cn1ncc2cc(C3CCC(C(=O)CC4c5c(F)cccc5-c5cncn54)CC3)ccc21. The number of carbonyl (C=O) groups is 1. The molecule has 162 valence electrons. The van der Waals surface area contributed by atoms with Gasteiger partial charge in [-0.2, -0.15) is 5.10 Å². The fourth-order valence-electron chi connectivity index (χ4n) is 5.74. The molecule has 3 heterocycles. The number of fused-ring (bicyclic) bond motifs is 4. The molecule has 2 aliphatic rings. The molecule has 1 atom stereocenters. The number of ketones is 1. The van der Waals surface area contributed by atoms with Gasteiger partial charge in [0.05, 0.1) is 36.0 Å². The summed E-state index contributed by atoms with van der Waals surface area (Å²) in [6, 6.07) is 11.4. The van der Waals surface area contributed by atoms with Crippen molar-refractivity contribution in [2.24, 2.45) is 13.0 Å². The molecule has 0 N–H and O–H groups in total. The highest BCUT2D eigenvalue weighted by atomic mass is 19.1. The van der Waals surface area contributed by atoms with Crippen molar-refractivity contribution in [2.75, 3.05) is 0 Å². The number of imidazole rings is 1.